The van der Waals surface area contributed by atoms with Gasteiger partial charge in [0.2, 0.25) is 0 Å². The van der Waals surface area contributed by atoms with Gasteiger partial charge in [-0.05, 0) is 38.8 Å². The van der Waals surface area contributed by atoms with Crippen molar-refractivity contribution in [2.45, 2.75) is 62.8 Å². The Hall–Kier alpha value is -0.480. The molecule has 1 aromatic carbocycles. The average Bonchev–Trinajstić information content (AvgIpc) is 2.50. The van der Waals surface area contributed by atoms with Crippen LogP contribution < -0.4 is 0 Å². The zero-order valence-corrected chi connectivity index (χ0v) is 15.3. The van der Waals surface area contributed by atoms with Gasteiger partial charge in [-0.1, -0.05) is 38.5 Å². The minimum atomic E-state index is -0.0176. The molecular formula is C17H28N2S2. The van der Waals surface area contributed by atoms with Crippen molar-refractivity contribution in [3.63, 3.8) is 0 Å². The van der Waals surface area contributed by atoms with E-state index in [9.17, 15) is 0 Å². The Morgan fingerprint density at radius 2 is 1.81 bits per heavy atom. The van der Waals surface area contributed by atoms with E-state index in [4.69, 9.17) is 0 Å². The monoisotopic (exact) mass is 324 g/mol. The summed E-state index contributed by atoms with van der Waals surface area (Å²) in [6.07, 6.45) is 3.32. The molecule has 0 N–H and O–H groups in total. The molecule has 1 aromatic rings. The minimum Gasteiger partial charge on any atom is -0.190 e. The highest BCUT2D eigenvalue weighted by Crippen LogP contribution is 2.36. The summed E-state index contributed by atoms with van der Waals surface area (Å²) in [5.41, 5.74) is 0. The first-order valence-corrected chi connectivity index (χ1v) is 9.83. The van der Waals surface area contributed by atoms with Crippen LogP contribution in [0.25, 0.3) is 0 Å². The number of rotatable bonds is 10. The van der Waals surface area contributed by atoms with Crippen molar-refractivity contribution in [3.05, 3.63) is 30.3 Å². The number of thioether (sulfide) groups is 2. The Labute approximate surface area is 138 Å². The summed E-state index contributed by atoms with van der Waals surface area (Å²) in [6.45, 7) is 8.64. The highest BCUT2D eigenvalue weighted by Gasteiger charge is 2.27. The molecule has 0 saturated heterocycles. The molecule has 21 heavy (non-hydrogen) atoms. The second-order valence-corrected chi connectivity index (χ2v) is 7.99. The maximum absolute atomic E-state index is 4.69. The van der Waals surface area contributed by atoms with E-state index < -0.39 is 0 Å². The van der Waals surface area contributed by atoms with Gasteiger partial charge >= 0.3 is 0 Å². The third kappa shape index (κ3) is 7.37. The van der Waals surface area contributed by atoms with Crippen molar-refractivity contribution in [1.29, 1.82) is 0 Å². The lowest BCUT2D eigenvalue weighted by atomic mass is 10.1. The smallest absolute Gasteiger partial charge is 0.126 e. The van der Waals surface area contributed by atoms with Gasteiger partial charge in [-0.25, -0.2) is 0 Å². The third-order valence-electron chi connectivity index (χ3n) is 3.13. The van der Waals surface area contributed by atoms with Crippen LogP contribution in [-0.4, -0.2) is 22.4 Å². The quantitative estimate of drug-likeness (QED) is 0.287. The maximum Gasteiger partial charge on any atom is 0.126 e. The summed E-state index contributed by atoms with van der Waals surface area (Å²) in [7, 11) is 0. The van der Waals surface area contributed by atoms with Gasteiger partial charge in [0.1, 0.15) is 4.87 Å². The van der Waals surface area contributed by atoms with Gasteiger partial charge in [-0.3, -0.25) is 0 Å². The molecular weight excluding hydrogens is 296 g/mol. The van der Waals surface area contributed by atoms with Crippen LogP contribution in [-0.2, 0) is 0 Å². The Bertz CT molecular complexity index is 407. The molecule has 0 aliphatic rings. The molecule has 0 radical (unpaired) electrons. The van der Waals surface area contributed by atoms with E-state index in [1.165, 1.54) is 4.90 Å². The second kappa shape index (κ2) is 10.3. The molecule has 0 aliphatic heterocycles. The highest BCUT2D eigenvalue weighted by atomic mass is 32.2. The van der Waals surface area contributed by atoms with Gasteiger partial charge < -0.3 is 0 Å². The van der Waals surface area contributed by atoms with E-state index in [1.54, 1.807) is 0 Å². The summed E-state index contributed by atoms with van der Waals surface area (Å²) in [5.74, 6) is 2.24. The molecule has 2 nitrogen and oxygen atoms in total. The van der Waals surface area contributed by atoms with Crippen LogP contribution in [0, 0.1) is 0 Å². The first-order chi connectivity index (χ1) is 10.1. The molecule has 0 bridgehead atoms. The summed E-state index contributed by atoms with van der Waals surface area (Å²) in [5, 5.41) is 9.11. The molecule has 1 atom stereocenters. The summed E-state index contributed by atoms with van der Waals surface area (Å²) >= 11 is 3.89. The lowest BCUT2D eigenvalue weighted by Gasteiger charge is -2.26. The minimum absolute atomic E-state index is 0.0176. The molecule has 0 spiro atoms. The zero-order chi connectivity index (χ0) is 15.6. The predicted octanol–water partition coefficient (Wildman–Crippen LogP) is 6.28. The topological polar surface area (TPSA) is 24.7 Å². The zero-order valence-electron chi connectivity index (χ0n) is 13.7. The van der Waals surface area contributed by atoms with Crippen LogP contribution in [0.3, 0.4) is 0 Å². The molecule has 1 unspecified atom stereocenters. The fraction of sp³-hybridized carbons (Fsp3) is 0.647. The maximum atomic E-state index is 4.69. The number of hydrogen-bond acceptors (Lipinski definition) is 4. The van der Waals surface area contributed by atoms with Gasteiger partial charge in [0, 0.05) is 16.4 Å². The number of hydrogen-bond donors (Lipinski definition) is 0. The molecule has 118 valence electrons. The van der Waals surface area contributed by atoms with Crippen molar-refractivity contribution in [2.75, 3.05) is 11.5 Å². The van der Waals surface area contributed by atoms with E-state index in [0.29, 0.717) is 0 Å². The third-order valence-corrected chi connectivity index (χ3v) is 5.92. The van der Waals surface area contributed by atoms with E-state index in [2.05, 4.69) is 68.3 Å². The lowest BCUT2D eigenvalue weighted by molar-refractivity contribution is 0.498. The number of benzene rings is 1. The average molecular weight is 325 g/mol. The van der Waals surface area contributed by atoms with Crippen LogP contribution in [0.2, 0.25) is 0 Å². The van der Waals surface area contributed by atoms with Crippen LogP contribution >= 0.6 is 23.5 Å². The van der Waals surface area contributed by atoms with E-state index in [-0.39, 0.29) is 10.9 Å². The van der Waals surface area contributed by atoms with Crippen molar-refractivity contribution < 1.29 is 0 Å². The molecule has 0 heterocycles. The fourth-order valence-electron chi connectivity index (χ4n) is 2.02. The molecule has 0 saturated carbocycles. The summed E-state index contributed by atoms with van der Waals surface area (Å²) < 4.78 is 0. The van der Waals surface area contributed by atoms with E-state index in [1.807, 2.05) is 23.5 Å². The normalized spacial score (nSPS) is 14.7. The van der Waals surface area contributed by atoms with Crippen molar-refractivity contribution in [3.8, 4) is 0 Å². The SMILES string of the molecule is CCCC(CC)(N=NC(C)C)SCCSc1ccccc1. The molecule has 0 aliphatic carbocycles. The largest absolute Gasteiger partial charge is 0.190 e. The van der Waals surface area contributed by atoms with Crippen molar-refractivity contribution in [2.24, 2.45) is 10.2 Å². The molecule has 1 rings (SSSR count). The Morgan fingerprint density at radius 1 is 1.10 bits per heavy atom. The standard InChI is InChI=1S/C17H28N2S2/c1-5-12-17(6-2,19-18-15(3)4)21-14-13-20-16-10-8-7-9-11-16/h7-11,15H,5-6,12-14H2,1-4H3. The first kappa shape index (κ1) is 18.6. The lowest BCUT2D eigenvalue weighted by Crippen LogP contribution is -2.21. The predicted molar refractivity (Wildman–Crippen MR) is 97.5 cm³/mol. The molecule has 0 fully saturated rings. The second-order valence-electron chi connectivity index (χ2n) is 5.37. The first-order valence-electron chi connectivity index (χ1n) is 7.85. The van der Waals surface area contributed by atoms with Crippen LogP contribution in [0.5, 0.6) is 0 Å². The molecule has 0 amide bonds. The van der Waals surface area contributed by atoms with E-state index >= 15 is 0 Å². The molecule has 4 heteroatoms. The van der Waals surface area contributed by atoms with Crippen LogP contribution in [0.4, 0.5) is 0 Å². The van der Waals surface area contributed by atoms with Crippen LogP contribution in [0.15, 0.2) is 45.5 Å². The number of nitrogens with zero attached hydrogens (tertiary/aromatic N) is 2. The van der Waals surface area contributed by atoms with Crippen LogP contribution in [0.1, 0.15) is 47.0 Å². The Kier molecular flexibility index (Phi) is 9.09. The fourth-order valence-corrected chi connectivity index (χ4v) is 4.31. The Morgan fingerprint density at radius 3 is 2.38 bits per heavy atom. The van der Waals surface area contributed by atoms with Gasteiger partial charge in [0.15, 0.2) is 0 Å². The summed E-state index contributed by atoms with van der Waals surface area (Å²) in [4.78, 5) is 1.33. The highest BCUT2D eigenvalue weighted by molar-refractivity contribution is 8.03. The van der Waals surface area contributed by atoms with Crippen molar-refractivity contribution >= 4 is 23.5 Å². The molecule has 0 aromatic heterocycles. The number of azo groups is 1. The van der Waals surface area contributed by atoms with Crippen molar-refractivity contribution in [1.82, 2.24) is 0 Å². The van der Waals surface area contributed by atoms with Gasteiger partial charge in [0.25, 0.3) is 0 Å². The summed E-state index contributed by atoms with van der Waals surface area (Å²) in [6, 6.07) is 10.9. The Balaban J connectivity index is 2.49. The van der Waals surface area contributed by atoms with Gasteiger partial charge in [-0.15, -0.1) is 23.5 Å². The van der Waals surface area contributed by atoms with Gasteiger partial charge in [-0.2, -0.15) is 10.2 Å². The van der Waals surface area contributed by atoms with Gasteiger partial charge in [0.05, 0.1) is 6.04 Å². The van der Waals surface area contributed by atoms with E-state index in [0.717, 1.165) is 30.8 Å².